The van der Waals surface area contributed by atoms with Gasteiger partial charge in [0.2, 0.25) is 0 Å². The fraction of sp³-hybridized carbons (Fsp3) is 0.0833. The highest BCUT2D eigenvalue weighted by Gasteiger charge is 2.18. The number of hydrogen-bond acceptors (Lipinski definition) is 6. The van der Waals surface area contributed by atoms with E-state index in [2.05, 4.69) is 5.32 Å². The van der Waals surface area contributed by atoms with Crippen LogP contribution in [0.1, 0.15) is 10.4 Å². The van der Waals surface area contributed by atoms with E-state index in [0.29, 0.717) is 39.2 Å². The number of aromatic nitrogens is 1. The number of carbonyl (C=O) groups is 1. The molecule has 1 amide bonds. The number of amides is 1. The highest BCUT2D eigenvalue weighted by molar-refractivity contribution is 6.34. The summed E-state index contributed by atoms with van der Waals surface area (Å²) >= 11 is 6.17. The Kier molecular flexibility index (Phi) is 6.10. The largest absolute Gasteiger partial charge is 0.497 e. The van der Waals surface area contributed by atoms with E-state index in [1.165, 1.54) is 25.3 Å². The SMILES string of the molecule is COc1ccc(-c2cc(C(=O)Nc3cc([N+](=O)[O-])ccc3Cl)c3ccccc3n2)c(OC)c1. The molecule has 1 aromatic heterocycles. The molecule has 3 aromatic carbocycles. The van der Waals surface area contributed by atoms with Gasteiger partial charge in [-0.05, 0) is 30.3 Å². The van der Waals surface area contributed by atoms with Crippen LogP contribution in [-0.2, 0) is 0 Å². The lowest BCUT2D eigenvalue weighted by atomic mass is 10.0. The topological polar surface area (TPSA) is 104 Å². The monoisotopic (exact) mass is 463 g/mol. The van der Waals surface area contributed by atoms with Crippen LogP contribution < -0.4 is 14.8 Å². The summed E-state index contributed by atoms with van der Waals surface area (Å²) in [5.74, 6) is 0.671. The van der Waals surface area contributed by atoms with Gasteiger partial charge in [0, 0.05) is 29.1 Å². The Morgan fingerprint density at radius 1 is 1.03 bits per heavy atom. The molecule has 0 saturated heterocycles. The van der Waals surface area contributed by atoms with Gasteiger partial charge in [0.25, 0.3) is 11.6 Å². The fourth-order valence-electron chi connectivity index (χ4n) is 3.42. The van der Waals surface area contributed by atoms with Crippen molar-refractivity contribution in [2.75, 3.05) is 19.5 Å². The molecule has 0 aliphatic carbocycles. The van der Waals surface area contributed by atoms with E-state index in [4.69, 9.17) is 26.1 Å². The molecule has 8 nitrogen and oxygen atoms in total. The van der Waals surface area contributed by atoms with Crippen LogP contribution >= 0.6 is 11.6 Å². The predicted octanol–water partition coefficient (Wildman–Crippen LogP) is 5.73. The van der Waals surface area contributed by atoms with E-state index in [1.54, 1.807) is 49.6 Å². The van der Waals surface area contributed by atoms with Gasteiger partial charge in [0.05, 0.1) is 46.6 Å². The zero-order valence-electron chi connectivity index (χ0n) is 17.7. The van der Waals surface area contributed by atoms with E-state index in [1.807, 2.05) is 6.07 Å². The Balaban J connectivity index is 1.82. The lowest BCUT2D eigenvalue weighted by Crippen LogP contribution is -2.13. The first-order valence-electron chi connectivity index (χ1n) is 9.78. The summed E-state index contributed by atoms with van der Waals surface area (Å²) < 4.78 is 10.8. The van der Waals surface area contributed by atoms with Crippen molar-refractivity contribution in [3.8, 4) is 22.8 Å². The number of para-hydroxylation sites is 1. The van der Waals surface area contributed by atoms with E-state index < -0.39 is 10.8 Å². The quantitative estimate of drug-likeness (QED) is 0.289. The summed E-state index contributed by atoms with van der Waals surface area (Å²) in [4.78, 5) is 28.5. The average molecular weight is 464 g/mol. The van der Waals surface area contributed by atoms with Crippen molar-refractivity contribution in [2.45, 2.75) is 0 Å². The summed E-state index contributed by atoms with van der Waals surface area (Å²) in [5, 5.41) is 14.6. The van der Waals surface area contributed by atoms with Gasteiger partial charge in [0.15, 0.2) is 0 Å². The predicted molar refractivity (Wildman–Crippen MR) is 126 cm³/mol. The lowest BCUT2D eigenvalue weighted by Gasteiger charge is -2.14. The molecule has 0 fully saturated rings. The minimum Gasteiger partial charge on any atom is -0.497 e. The summed E-state index contributed by atoms with van der Waals surface area (Å²) in [6.07, 6.45) is 0. The molecule has 0 bridgehead atoms. The maximum atomic E-state index is 13.3. The molecule has 0 aliphatic heterocycles. The van der Waals surface area contributed by atoms with Crippen LogP contribution in [-0.4, -0.2) is 30.0 Å². The number of nitrogens with zero attached hydrogens (tertiary/aromatic N) is 2. The zero-order valence-corrected chi connectivity index (χ0v) is 18.4. The minimum atomic E-state index is -0.554. The third kappa shape index (κ3) is 4.42. The second-order valence-electron chi connectivity index (χ2n) is 7.01. The molecule has 9 heteroatoms. The molecular weight excluding hydrogens is 446 g/mol. The maximum absolute atomic E-state index is 13.3. The number of carbonyl (C=O) groups excluding carboxylic acids is 1. The van der Waals surface area contributed by atoms with Crippen molar-refractivity contribution in [1.29, 1.82) is 0 Å². The Morgan fingerprint density at radius 2 is 1.82 bits per heavy atom. The van der Waals surface area contributed by atoms with Gasteiger partial charge in [-0.3, -0.25) is 14.9 Å². The number of nitro groups is 1. The number of nitrogens with one attached hydrogen (secondary N) is 1. The van der Waals surface area contributed by atoms with Crippen LogP contribution in [0.3, 0.4) is 0 Å². The first-order valence-corrected chi connectivity index (χ1v) is 10.2. The van der Waals surface area contributed by atoms with Gasteiger partial charge >= 0.3 is 0 Å². The molecule has 4 aromatic rings. The first-order chi connectivity index (χ1) is 15.9. The van der Waals surface area contributed by atoms with Gasteiger partial charge < -0.3 is 14.8 Å². The van der Waals surface area contributed by atoms with Crippen LogP contribution in [0.2, 0.25) is 5.02 Å². The number of anilines is 1. The van der Waals surface area contributed by atoms with Crippen molar-refractivity contribution in [3.63, 3.8) is 0 Å². The Hall–Kier alpha value is -4.17. The molecule has 1 heterocycles. The van der Waals surface area contributed by atoms with Crippen molar-refractivity contribution in [2.24, 2.45) is 0 Å². The van der Waals surface area contributed by atoms with E-state index in [0.717, 1.165) is 0 Å². The first kappa shape index (κ1) is 22.0. The second-order valence-corrected chi connectivity index (χ2v) is 7.42. The maximum Gasteiger partial charge on any atom is 0.271 e. The van der Waals surface area contributed by atoms with Crippen molar-refractivity contribution >= 4 is 39.8 Å². The molecule has 1 N–H and O–H groups in total. The van der Waals surface area contributed by atoms with Crippen LogP contribution in [0.15, 0.2) is 66.7 Å². The third-order valence-corrected chi connectivity index (χ3v) is 5.38. The molecule has 0 saturated carbocycles. The summed E-state index contributed by atoms with van der Waals surface area (Å²) in [7, 11) is 3.10. The van der Waals surface area contributed by atoms with Gasteiger partial charge in [-0.1, -0.05) is 29.8 Å². The summed E-state index contributed by atoms with van der Waals surface area (Å²) in [6, 6.07) is 18.0. The summed E-state index contributed by atoms with van der Waals surface area (Å²) in [5.41, 5.74) is 2.08. The van der Waals surface area contributed by atoms with Crippen molar-refractivity contribution in [3.05, 3.63) is 87.4 Å². The van der Waals surface area contributed by atoms with E-state index in [-0.39, 0.29) is 16.4 Å². The molecular formula is C24H18ClN3O5. The smallest absolute Gasteiger partial charge is 0.271 e. The van der Waals surface area contributed by atoms with Crippen LogP contribution in [0.5, 0.6) is 11.5 Å². The number of benzene rings is 3. The number of methoxy groups -OCH3 is 2. The third-order valence-electron chi connectivity index (χ3n) is 5.05. The van der Waals surface area contributed by atoms with Gasteiger partial charge in [-0.25, -0.2) is 4.98 Å². The highest BCUT2D eigenvalue weighted by atomic mass is 35.5. The molecule has 0 spiro atoms. The van der Waals surface area contributed by atoms with Crippen LogP contribution in [0.4, 0.5) is 11.4 Å². The van der Waals surface area contributed by atoms with E-state index in [9.17, 15) is 14.9 Å². The normalized spacial score (nSPS) is 10.6. The van der Waals surface area contributed by atoms with Crippen LogP contribution in [0.25, 0.3) is 22.2 Å². The molecule has 166 valence electrons. The standard InChI is InChI=1S/C24H18ClN3O5/c1-32-15-8-9-17(23(12-15)33-2)21-13-18(16-5-3-4-6-20(16)26-21)24(29)27-22-11-14(28(30)31)7-10-19(22)25/h3-13H,1-2H3,(H,27,29). The minimum absolute atomic E-state index is 0.139. The summed E-state index contributed by atoms with van der Waals surface area (Å²) in [6.45, 7) is 0. The Bertz CT molecular complexity index is 1390. The molecule has 4 rings (SSSR count). The number of fused-ring (bicyclic) bond motifs is 1. The molecule has 0 aliphatic rings. The molecule has 0 radical (unpaired) electrons. The van der Waals surface area contributed by atoms with Crippen molar-refractivity contribution < 1.29 is 19.2 Å². The number of non-ortho nitro benzene ring substituents is 1. The highest BCUT2D eigenvalue weighted by Crippen LogP contribution is 2.35. The number of halogens is 1. The number of nitro benzene ring substituents is 1. The average Bonchev–Trinajstić information content (AvgIpc) is 2.83. The van der Waals surface area contributed by atoms with Crippen LogP contribution in [0, 0.1) is 10.1 Å². The van der Waals surface area contributed by atoms with Gasteiger partial charge in [0.1, 0.15) is 11.5 Å². The number of hydrogen-bond donors (Lipinski definition) is 1. The number of pyridine rings is 1. The zero-order chi connectivity index (χ0) is 23.5. The van der Waals surface area contributed by atoms with Gasteiger partial charge in [-0.2, -0.15) is 0 Å². The Morgan fingerprint density at radius 3 is 2.55 bits per heavy atom. The second kappa shape index (κ2) is 9.13. The number of rotatable bonds is 6. The number of ether oxygens (including phenoxy) is 2. The lowest BCUT2D eigenvalue weighted by molar-refractivity contribution is -0.384. The Labute approximate surface area is 193 Å². The molecule has 33 heavy (non-hydrogen) atoms. The fourth-order valence-corrected chi connectivity index (χ4v) is 3.59. The molecule has 0 atom stereocenters. The van der Waals surface area contributed by atoms with Crippen molar-refractivity contribution in [1.82, 2.24) is 4.98 Å². The van der Waals surface area contributed by atoms with Gasteiger partial charge in [-0.15, -0.1) is 0 Å². The van der Waals surface area contributed by atoms with E-state index >= 15 is 0 Å². The molecule has 0 unspecified atom stereocenters.